The van der Waals surface area contributed by atoms with E-state index in [1.165, 1.54) is 24.4 Å². The third kappa shape index (κ3) is 6.41. The van der Waals surface area contributed by atoms with Crippen LogP contribution in [0.2, 0.25) is 0 Å². The fraction of sp³-hybridized carbons (Fsp3) is 0.409. The number of allylic oxidation sites excluding steroid dienone is 1. The van der Waals surface area contributed by atoms with Gasteiger partial charge in [-0.3, -0.25) is 9.78 Å². The number of carbonyl (C=O) groups is 1. The van der Waals surface area contributed by atoms with Crippen LogP contribution in [0.3, 0.4) is 0 Å². The highest BCUT2D eigenvalue weighted by atomic mass is 19.4. The van der Waals surface area contributed by atoms with Crippen molar-refractivity contribution < 1.29 is 22.4 Å². The minimum atomic E-state index is -4.45. The molecule has 3 rings (SSSR count). The second-order valence-corrected chi connectivity index (χ2v) is 7.48. The number of unbranched alkanes of at least 4 members (excludes halogenated alkanes) is 1. The molecule has 0 radical (unpaired) electrons. The van der Waals surface area contributed by atoms with Crippen molar-refractivity contribution in [1.29, 1.82) is 0 Å². The molecule has 0 saturated carbocycles. The van der Waals surface area contributed by atoms with Gasteiger partial charge in [0.05, 0.1) is 6.20 Å². The molecule has 1 fully saturated rings. The second kappa shape index (κ2) is 10.4. The van der Waals surface area contributed by atoms with Gasteiger partial charge < -0.3 is 15.5 Å². The molecule has 3 heterocycles. The van der Waals surface area contributed by atoms with Crippen LogP contribution in [0.1, 0.15) is 48.7 Å². The van der Waals surface area contributed by atoms with Gasteiger partial charge in [-0.25, -0.2) is 9.37 Å². The van der Waals surface area contributed by atoms with E-state index in [-0.39, 0.29) is 17.3 Å². The maximum Gasteiger partial charge on any atom is 0.405 e. The Labute approximate surface area is 183 Å². The highest BCUT2D eigenvalue weighted by Gasteiger charge is 2.28. The quantitative estimate of drug-likeness (QED) is 0.548. The third-order valence-corrected chi connectivity index (χ3v) is 4.91. The van der Waals surface area contributed by atoms with E-state index in [4.69, 9.17) is 0 Å². The molecule has 32 heavy (non-hydrogen) atoms. The van der Waals surface area contributed by atoms with Crippen LogP contribution in [-0.2, 0) is 0 Å². The average Bonchev–Trinajstić information content (AvgIpc) is 3.30. The molecule has 0 aromatic carbocycles. The fourth-order valence-corrected chi connectivity index (χ4v) is 3.32. The van der Waals surface area contributed by atoms with E-state index in [9.17, 15) is 22.4 Å². The van der Waals surface area contributed by atoms with E-state index in [2.05, 4.69) is 20.6 Å². The Morgan fingerprint density at radius 1 is 1.19 bits per heavy atom. The maximum atomic E-state index is 13.2. The van der Waals surface area contributed by atoms with Crippen LogP contribution in [0.5, 0.6) is 0 Å². The summed E-state index contributed by atoms with van der Waals surface area (Å²) in [5, 5.41) is 5.42. The number of alkyl halides is 3. The monoisotopic (exact) mass is 451 g/mol. The summed E-state index contributed by atoms with van der Waals surface area (Å²) in [6.07, 6.45) is 2.99. The van der Waals surface area contributed by atoms with Gasteiger partial charge in [-0.05, 0) is 37.5 Å². The molecule has 0 aliphatic carbocycles. The first-order valence-electron chi connectivity index (χ1n) is 10.5. The molecule has 0 atom stereocenters. The number of nitrogens with zero attached hydrogens (tertiary/aromatic N) is 3. The van der Waals surface area contributed by atoms with Crippen LogP contribution in [0.4, 0.5) is 29.1 Å². The van der Waals surface area contributed by atoms with Gasteiger partial charge in [-0.15, -0.1) is 0 Å². The lowest BCUT2D eigenvalue weighted by Gasteiger charge is -2.19. The van der Waals surface area contributed by atoms with Gasteiger partial charge in [-0.2, -0.15) is 13.2 Å². The Balaban J connectivity index is 1.97. The molecular formula is C22H25F4N5O. The molecule has 2 N–H and O–H groups in total. The number of aromatic nitrogens is 2. The summed E-state index contributed by atoms with van der Waals surface area (Å²) in [5.74, 6) is -0.488. The van der Waals surface area contributed by atoms with E-state index in [0.29, 0.717) is 36.6 Å². The number of hydrogen-bond acceptors (Lipinski definition) is 5. The lowest BCUT2D eigenvalue weighted by Crippen LogP contribution is -2.29. The lowest BCUT2D eigenvalue weighted by molar-refractivity contribution is -0.115. The smallest absolute Gasteiger partial charge is 0.376 e. The molecule has 0 bridgehead atoms. The number of hydrogen-bond donors (Lipinski definition) is 2. The van der Waals surface area contributed by atoms with Crippen LogP contribution in [0.15, 0.2) is 36.7 Å². The first-order chi connectivity index (χ1) is 15.3. The van der Waals surface area contributed by atoms with Crippen molar-refractivity contribution in [2.24, 2.45) is 0 Å². The van der Waals surface area contributed by atoms with Gasteiger partial charge in [0, 0.05) is 36.2 Å². The van der Waals surface area contributed by atoms with E-state index in [1.54, 1.807) is 4.90 Å². The van der Waals surface area contributed by atoms with Crippen molar-refractivity contribution in [3.8, 4) is 0 Å². The highest BCUT2D eigenvalue weighted by molar-refractivity contribution is 5.94. The van der Waals surface area contributed by atoms with Crippen molar-refractivity contribution in [2.45, 2.75) is 38.8 Å². The van der Waals surface area contributed by atoms with E-state index in [0.717, 1.165) is 25.5 Å². The predicted molar refractivity (Wildman–Crippen MR) is 115 cm³/mol. The molecule has 2 aromatic heterocycles. The first kappa shape index (κ1) is 23.5. The van der Waals surface area contributed by atoms with Crippen molar-refractivity contribution >= 4 is 23.1 Å². The second-order valence-electron chi connectivity index (χ2n) is 7.48. The van der Waals surface area contributed by atoms with Gasteiger partial charge in [0.15, 0.2) is 0 Å². The first-order valence-corrected chi connectivity index (χ1v) is 10.5. The Morgan fingerprint density at radius 2 is 1.94 bits per heavy atom. The minimum Gasteiger partial charge on any atom is -0.376 e. The number of pyridine rings is 2. The van der Waals surface area contributed by atoms with Gasteiger partial charge in [0.25, 0.3) is 5.91 Å². The molecule has 1 amide bonds. The molecule has 1 saturated heterocycles. The zero-order valence-corrected chi connectivity index (χ0v) is 17.7. The Kier molecular flexibility index (Phi) is 7.66. The number of anilines is 2. The zero-order valence-electron chi connectivity index (χ0n) is 17.7. The molecule has 1 aliphatic rings. The van der Waals surface area contributed by atoms with Crippen LogP contribution in [0.25, 0.3) is 5.70 Å². The minimum absolute atomic E-state index is 0.0788. The van der Waals surface area contributed by atoms with Crippen LogP contribution in [-0.4, -0.2) is 46.6 Å². The lowest BCUT2D eigenvalue weighted by atomic mass is 10.1. The summed E-state index contributed by atoms with van der Waals surface area (Å²) in [7, 11) is 0. The molecular weight excluding hydrogens is 426 g/mol. The standard InChI is InChI=1S/C22H25F4N5O/c1-2-3-6-17(30-20-8-7-15(23)12-28-20)16-13-27-19(21(32)31-9-4-5-10-31)11-18(16)29-14-22(24,25)26/h6-8,11-13H,2-5,9-10,14H2,1H3,(H,27,29)(H,28,30)/b17-6+. The SMILES string of the molecule is CCC/C=C(/Nc1ccc(F)cn1)c1cnc(C(=O)N2CCCC2)cc1NCC(F)(F)F. The van der Waals surface area contributed by atoms with Gasteiger partial charge in [-0.1, -0.05) is 19.4 Å². The number of amides is 1. The summed E-state index contributed by atoms with van der Waals surface area (Å²) < 4.78 is 52.0. The fourth-order valence-electron chi connectivity index (χ4n) is 3.32. The van der Waals surface area contributed by atoms with Gasteiger partial charge >= 0.3 is 6.18 Å². The van der Waals surface area contributed by atoms with E-state index < -0.39 is 18.5 Å². The average molecular weight is 451 g/mol. The van der Waals surface area contributed by atoms with Crippen LogP contribution < -0.4 is 10.6 Å². The van der Waals surface area contributed by atoms with E-state index >= 15 is 0 Å². The molecule has 2 aromatic rings. The molecule has 0 unspecified atom stereocenters. The van der Waals surface area contributed by atoms with Gasteiger partial charge in [0.1, 0.15) is 23.9 Å². The number of nitrogens with one attached hydrogen (secondary N) is 2. The largest absolute Gasteiger partial charge is 0.405 e. The Hall–Kier alpha value is -3.17. The number of carbonyl (C=O) groups excluding carboxylic acids is 1. The van der Waals surface area contributed by atoms with Crippen molar-refractivity contribution in [3.63, 3.8) is 0 Å². The normalized spacial score (nSPS) is 14.5. The molecule has 0 spiro atoms. The maximum absolute atomic E-state index is 13.2. The third-order valence-electron chi connectivity index (χ3n) is 4.91. The highest BCUT2D eigenvalue weighted by Crippen LogP contribution is 2.28. The van der Waals surface area contributed by atoms with Crippen molar-refractivity contribution in [3.05, 3.63) is 53.7 Å². The van der Waals surface area contributed by atoms with Crippen molar-refractivity contribution in [2.75, 3.05) is 30.3 Å². The zero-order chi connectivity index (χ0) is 23.1. The van der Waals surface area contributed by atoms with Crippen molar-refractivity contribution in [1.82, 2.24) is 14.9 Å². The summed E-state index contributed by atoms with van der Waals surface area (Å²) in [6.45, 7) is 1.90. The summed E-state index contributed by atoms with van der Waals surface area (Å²) in [5.41, 5.74) is 1.02. The molecule has 1 aliphatic heterocycles. The summed E-state index contributed by atoms with van der Waals surface area (Å²) >= 11 is 0. The molecule has 6 nitrogen and oxygen atoms in total. The van der Waals surface area contributed by atoms with Gasteiger partial charge in [0.2, 0.25) is 0 Å². The topological polar surface area (TPSA) is 70.2 Å². The van der Waals surface area contributed by atoms with Crippen LogP contribution in [0, 0.1) is 5.82 Å². The molecule has 10 heteroatoms. The number of likely N-dealkylation sites (tertiary alicyclic amines) is 1. The summed E-state index contributed by atoms with van der Waals surface area (Å²) in [6, 6.07) is 4.00. The predicted octanol–water partition coefficient (Wildman–Crippen LogP) is 5.08. The molecule has 172 valence electrons. The Bertz CT molecular complexity index is 954. The summed E-state index contributed by atoms with van der Waals surface area (Å²) in [4.78, 5) is 22.6. The number of halogens is 4. The van der Waals surface area contributed by atoms with Crippen LogP contribution >= 0.6 is 0 Å². The number of rotatable bonds is 8. The Morgan fingerprint density at radius 3 is 2.56 bits per heavy atom. The van der Waals surface area contributed by atoms with E-state index in [1.807, 2.05) is 13.0 Å².